The molecular weight excluding hydrogens is 304 g/mol. The van der Waals surface area contributed by atoms with Crippen molar-refractivity contribution in [2.75, 3.05) is 6.61 Å². The number of benzene rings is 2. The van der Waals surface area contributed by atoms with Crippen molar-refractivity contribution in [3.63, 3.8) is 0 Å². The van der Waals surface area contributed by atoms with E-state index in [1.807, 2.05) is 57.2 Å². The number of hydrogen-bond donors (Lipinski definition) is 0. The van der Waals surface area contributed by atoms with Gasteiger partial charge < -0.3 is 4.74 Å². The minimum atomic E-state index is -0.372. The fourth-order valence-corrected chi connectivity index (χ4v) is 2.29. The van der Waals surface area contributed by atoms with E-state index in [4.69, 9.17) is 4.74 Å². The molecule has 0 N–H and O–H groups in total. The lowest BCUT2D eigenvalue weighted by Gasteiger charge is -2.17. The van der Waals surface area contributed by atoms with E-state index < -0.39 is 0 Å². The Bertz CT molecular complexity index is 612. The van der Waals surface area contributed by atoms with Gasteiger partial charge in [-0.25, -0.2) is 0 Å². The van der Waals surface area contributed by atoms with Gasteiger partial charge in [-0.1, -0.05) is 51.1 Å². The summed E-state index contributed by atoms with van der Waals surface area (Å²) in [7, 11) is 0. The van der Waals surface area contributed by atoms with E-state index in [-0.39, 0.29) is 17.8 Å². The van der Waals surface area contributed by atoms with Crippen molar-refractivity contribution in [2.24, 2.45) is 5.41 Å². The Kier molecular flexibility index (Phi) is 3.95. The molecule has 0 aromatic heterocycles. The second-order valence-electron chi connectivity index (χ2n) is 5.56. The van der Waals surface area contributed by atoms with Crippen molar-refractivity contribution in [3.8, 4) is 5.75 Å². The smallest absolute Gasteiger partial charge is 0.175 e. The lowest BCUT2D eigenvalue weighted by molar-refractivity contribution is -0.128. The number of carbonyl (C=O) groups is 1. The van der Waals surface area contributed by atoms with Crippen molar-refractivity contribution in [3.05, 3.63) is 40.9 Å². The Morgan fingerprint density at radius 3 is 2.53 bits per heavy atom. The van der Waals surface area contributed by atoms with Crippen molar-refractivity contribution in [1.82, 2.24) is 0 Å². The van der Waals surface area contributed by atoms with Crippen LogP contribution in [-0.2, 0) is 4.79 Å². The largest absolute Gasteiger partial charge is 0.485 e. The quantitative estimate of drug-likeness (QED) is 0.826. The molecule has 19 heavy (non-hydrogen) atoms. The van der Waals surface area contributed by atoms with E-state index in [2.05, 4.69) is 15.9 Å². The molecule has 0 amide bonds. The minimum Gasteiger partial charge on any atom is -0.485 e. The summed E-state index contributed by atoms with van der Waals surface area (Å²) in [4.78, 5) is 11.9. The second kappa shape index (κ2) is 5.33. The zero-order chi connectivity index (χ0) is 14.0. The maximum atomic E-state index is 11.9. The summed E-state index contributed by atoms with van der Waals surface area (Å²) in [6, 6.07) is 11.9. The number of Topliss-reactive ketones (excluding diaryl/α,β-unsaturated/α-hetero) is 1. The van der Waals surface area contributed by atoms with Gasteiger partial charge in [-0.05, 0) is 32.8 Å². The van der Waals surface area contributed by atoms with E-state index in [0.29, 0.717) is 5.75 Å². The third kappa shape index (κ3) is 3.16. The van der Waals surface area contributed by atoms with Crippen LogP contribution in [0, 0.1) is 5.41 Å². The van der Waals surface area contributed by atoms with Gasteiger partial charge in [-0.2, -0.15) is 0 Å². The third-order valence-corrected chi connectivity index (χ3v) is 3.84. The van der Waals surface area contributed by atoms with Gasteiger partial charge in [0.2, 0.25) is 0 Å². The molecule has 0 fully saturated rings. The highest BCUT2D eigenvalue weighted by Crippen LogP contribution is 2.33. The van der Waals surface area contributed by atoms with Gasteiger partial charge in [-0.3, -0.25) is 4.79 Å². The zero-order valence-corrected chi connectivity index (χ0v) is 13.0. The van der Waals surface area contributed by atoms with Gasteiger partial charge in [0.1, 0.15) is 12.4 Å². The Hall–Kier alpha value is -1.35. The summed E-state index contributed by atoms with van der Waals surface area (Å²) in [5.74, 6) is 0.795. The van der Waals surface area contributed by atoms with Crippen LogP contribution in [0.5, 0.6) is 5.75 Å². The number of fused-ring (bicyclic) bond motifs is 1. The SMILES string of the molecule is CC(C)(C)C(=O)COc1ccc2ccccc2c1Br. The molecule has 0 aliphatic rings. The van der Waals surface area contributed by atoms with E-state index in [1.54, 1.807) is 0 Å². The summed E-state index contributed by atoms with van der Waals surface area (Å²) in [6.07, 6.45) is 0. The van der Waals surface area contributed by atoms with Gasteiger partial charge in [0.15, 0.2) is 5.78 Å². The maximum Gasteiger partial charge on any atom is 0.175 e. The average Bonchev–Trinajstić information content (AvgIpc) is 2.37. The van der Waals surface area contributed by atoms with Gasteiger partial charge in [0, 0.05) is 5.41 Å². The summed E-state index contributed by atoms with van der Waals surface area (Å²) in [5, 5.41) is 2.23. The maximum absolute atomic E-state index is 11.9. The van der Waals surface area contributed by atoms with Gasteiger partial charge in [0.05, 0.1) is 4.47 Å². The molecule has 0 radical (unpaired) electrons. The Labute approximate surface area is 121 Å². The summed E-state index contributed by atoms with van der Waals surface area (Å²) in [6.45, 7) is 5.79. The van der Waals surface area contributed by atoms with Gasteiger partial charge in [-0.15, -0.1) is 0 Å². The van der Waals surface area contributed by atoms with Crippen molar-refractivity contribution >= 4 is 32.5 Å². The van der Waals surface area contributed by atoms with Crippen molar-refractivity contribution in [2.45, 2.75) is 20.8 Å². The van der Waals surface area contributed by atoms with E-state index >= 15 is 0 Å². The predicted octanol–water partition coefficient (Wildman–Crippen LogP) is 4.60. The number of rotatable bonds is 3. The highest BCUT2D eigenvalue weighted by atomic mass is 79.9. The molecule has 2 aromatic rings. The molecular formula is C16H17BrO2. The Balaban J connectivity index is 2.22. The molecule has 2 nitrogen and oxygen atoms in total. The van der Waals surface area contributed by atoms with E-state index in [0.717, 1.165) is 15.2 Å². The van der Waals surface area contributed by atoms with E-state index in [1.165, 1.54) is 0 Å². The molecule has 0 aliphatic heterocycles. The predicted molar refractivity (Wildman–Crippen MR) is 81.6 cm³/mol. The molecule has 0 bridgehead atoms. The number of halogens is 1. The molecule has 0 saturated heterocycles. The summed E-state index contributed by atoms with van der Waals surface area (Å²) < 4.78 is 6.53. The first-order valence-corrected chi connectivity index (χ1v) is 7.02. The summed E-state index contributed by atoms with van der Waals surface area (Å²) in [5.41, 5.74) is -0.372. The van der Waals surface area contributed by atoms with Crippen LogP contribution in [0.1, 0.15) is 20.8 Å². The average molecular weight is 321 g/mol. The molecule has 100 valence electrons. The molecule has 0 atom stereocenters. The molecule has 0 heterocycles. The third-order valence-electron chi connectivity index (χ3n) is 3.02. The number of carbonyl (C=O) groups excluding carboxylic acids is 1. The highest BCUT2D eigenvalue weighted by molar-refractivity contribution is 9.10. The number of ether oxygens (including phenoxy) is 1. The first kappa shape index (κ1) is 14.1. The molecule has 2 aromatic carbocycles. The summed E-state index contributed by atoms with van der Waals surface area (Å²) >= 11 is 3.55. The lowest BCUT2D eigenvalue weighted by atomic mass is 9.91. The van der Waals surface area contributed by atoms with Crippen LogP contribution in [0.2, 0.25) is 0 Å². The molecule has 0 spiro atoms. The molecule has 0 unspecified atom stereocenters. The molecule has 0 saturated carbocycles. The minimum absolute atomic E-state index is 0.0903. The van der Waals surface area contributed by atoms with Crippen LogP contribution in [-0.4, -0.2) is 12.4 Å². The monoisotopic (exact) mass is 320 g/mol. The molecule has 0 aliphatic carbocycles. The van der Waals surface area contributed by atoms with Crippen LogP contribution >= 0.6 is 15.9 Å². The first-order valence-electron chi connectivity index (χ1n) is 6.23. The fraction of sp³-hybridized carbons (Fsp3) is 0.312. The normalized spacial score (nSPS) is 11.6. The van der Waals surface area contributed by atoms with Crippen LogP contribution in [0.3, 0.4) is 0 Å². The second-order valence-corrected chi connectivity index (χ2v) is 6.35. The van der Waals surface area contributed by atoms with E-state index in [9.17, 15) is 4.79 Å². The number of ketones is 1. The van der Waals surface area contributed by atoms with Crippen molar-refractivity contribution in [1.29, 1.82) is 0 Å². The zero-order valence-electron chi connectivity index (χ0n) is 11.4. The first-order chi connectivity index (χ1) is 8.89. The van der Waals surface area contributed by atoms with Crippen LogP contribution in [0.25, 0.3) is 10.8 Å². The Morgan fingerprint density at radius 2 is 1.84 bits per heavy atom. The van der Waals surface area contributed by atoms with Gasteiger partial charge in [0.25, 0.3) is 0 Å². The standard InChI is InChI=1S/C16H17BrO2/c1-16(2,3)14(18)10-19-13-9-8-11-6-4-5-7-12(11)15(13)17/h4-9H,10H2,1-3H3. The van der Waals surface area contributed by atoms with Gasteiger partial charge >= 0.3 is 0 Å². The molecule has 2 rings (SSSR count). The fourth-order valence-electron chi connectivity index (χ4n) is 1.68. The van der Waals surface area contributed by atoms with Crippen molar-refractivity contribution < 1.29 is 9.53 Å². The lowest BCUT2D eigenvalue weighted by Crippen LogP contribution is -2.26. The van der Waals surface area contributed by atoms with Crippen LogP contribution < -0.4 is 4.74 Å². The molecule has 3 heteroatoms. The van der Waals surface area contributed by atoms with Crippen LogP contribution in [0.15, 0.2) is 40.9 Å². The van der Waals surface area contributed by atoms with Crippen LogP contribution in [0.4, 0.5) is 0 Å². The highest BCUT2D eigenvalue weighted by Gasteiger charge is 2.21. The Morgan fingerprint density at radius 1 is 1.16 bits per heavy atom. The topological polar surface area (TPSA) is 26.3 Å². The number of hydrogen-bond acceptors (Lipinski definition) is 2.